The number of fused-ring (bicyclic) bond motifs is 1. The first kappa shape index (κ1) is 29.5. The van der Waals surface area contributed by atoms with Crippen molar-refractivity contribution in [2.45, 2.75) is 69.7 Å². The van der Waals surface area contributed by atoms with Crippen molar-refractivity contribution in [1.82, 2.24) is 10.2 Å². The minimum atomic E-state index is -1.73. The second kappa shape index (κ2) is 13.2. The van der Waals surface area contributed by atoms with Crippen LogP contribution in [0.5, 0.6) is 11.5 Å². The second-order valence-electron chi connectivity index (χ2n) is 10.3. The van der Waals surface area contributed by atoms with Gasteiger partial charge in [0.15, 0.2) is 17.6 Å². The number of halogens is 2. The van der Waals surface area contributed by atoms with Crippen molar-refractivity contribution in [3.05, 3.63) is 57.1 Å². The molecule has 3 N–H and O–H groups in total. The lowest BCUT2D eigenvalue weighted by atomic mass is 9.88. The SMILES string of the molecule is COc1cc2c(cc1OC)CN(C(=O)C(O)C(O)C(Cc1ccc(Cl)c(Cl)c1)NC(=O)C1CCCCC1)CC2. The molecule has 1 fully saturated rings. The third kappa shape index (κ3) is 6.98. The third-order valence-corrected chi connectivity index (χ3v) is 8.50. The van der Waals surface area contributed by atoms with Crippen LogP contribution in [0.1, 0.15) is 48.8 Å². The molecule has 1 aliphatic carbocycles. The maximum absolute atomic E-state index is 13.4. The third-order valence-electron chi connectivity index (χ3n) is 7.76. The molecule has 0 spiro atoms. The molecule has 0 bridgehead atoms. The van der Waals surface area contributed by atoms with Gasteiger partial charge in [0.2, 0.25) is 5.91 Å². The van der Waals surface area contributed by atoms with Crippen LogP contribution in [0.3, 0.4) is 0 Å². The molecule has 2 aliphatic rings. The monoisotopic (exact) mass is 578 g/mol. The summed E-state index contributed by atoms with van der Waals surface area (Å²) in [5.41, 5.74) is 2.63. The summed E-state index contributed by atoms with van der Waals surface area (Å²) in [5.74, 6) is 0.240. The Morgan fingerprint density at radius 1 is 1.00 bits per heavy atom. The maximum atomic E-state index is 13.4. The predicted molar refractivity (Wildman–Crippen MR) is 149 cm³/mol. The van der Waals surface area contributed by atoms with Crippen LogP contribution in [-0.2, 0) is 29.0 Å². The van der Waals surface area contributed by atoms with E-state index in [1.165, 1.54) is 4.90 Å². The van der Waals surface area contributed by atoms with Gasteiger partial charge in [-0.3, -0.25) is 9.59 Å². The topological polar surface area (TPSA) is 108 Å². The van der Waals surface area contributed by atoms with Gasteiger partial charge in [-0.05, 0) is 66.6 Å². The van der Waals surface area contributed by atoms with E-state index in [4.69, 9.17) is 32.7 Å². The molecule has 39 heavy (non-hydrogen) atoms. The Bertz CT molecular complexity index is 1190. The van der Waals surface area contributed by atoms with Gasteiger partial charge in [0.05, 0.1) is 30.3 Å². The summed E-state index contributed by atoms with van der Waals surface area (Å²) in [7, 11) is 3.12. The number of nitrogens with one attached hydrogen (secondary N) is 1. The van der Waals surface area contributed by atoms with E-state index in [9.17, 15) is 19.8 Å². The zero-order valence-corrected chi connectivity index (χ0v) is 23.8. The van der Waals surface area contributed by atoms with Crippen LogP contribution >= 0.6 is 23.2 Å². The smallest absolute Gasteiger partial charge is 0.254 e. The van der Waals surface area contributed by atoms with Crippen molar-refractivity contribution in [1.29, 1.82) is 0 Å². The maximum Gasteiger partial charge on any atom is 0.254 e. The predicted octanol–water partition coefficient (Wildman–Crippen LogP) is 3.92. The molecule has 3 unspecified atom stereocenters. The van der Waals surface area contributed by atoms with Gasteiger partial charge in [-0.2, -0.15) is 0 Å². The number of amides is 2. The molecular weight excluding hydrogens is 543 g/mol. The number of benzene rings is 2. The van der Waals surface area contributed by atoms with Crippen LogP contribution in [-0.4, -0.2) is 65.9 Å². The molecule has 1 aliphatic heterocycles. The number of aliphatic hydroxyl groups excluding tert-OH is 2. The summed E-state index contributed by atoms with van der Waals surface area (Å²) in [6.45, 7) is 0.626. The van der Waals surface area contributed by atoms with Crippen molar-refractivity contribution >= 4 is 35.0 Å². The normalized spacial score (nSPS) is 18.1. The molecule has 0 radical (unpaired) electrons. The zero-order chi connectivity index (χ0) is 28.1. The Balaban J connectivity index is 1.51. The molecule has 2 aromatic carbocycles. The van der Waals surface area contributed by atoms with Crippen LogP contribution in [0.25, 0.3) is 0 Å². The Hall–Kier alpha value is -2.52. The highest BCUT2D eigenvalue weighted by Crippen LogP contribution is 2.33. The van der Waals surface area contributed by atoms with Crippen molar-refractivity contribution in [3.8, 4) is 11.5 Å². The Morgan fingerprint density at radius 3 is 2.31 bits per heavy atom. The number of aliphatic hydroxyl groups is 2. The van der Waals surface area contributed by atoms with Crippen LogP contribution < -0.4 is 14.8 Å². The molecule has 1 heterocycles. The molecule has 8 nitrogen and oxygen atoms in total. The van der Waals surface area contributed by atoms with Gasteiger partial charge in [-0.15, -0.1) is 0 Å². The minimum absolute atomic E-state index is 0.152. The molecule has 1 saturated carbocycles. The highest BCUT2D eigenvalue weighted by molar-refractivity contribution is 6.42. The molecule has 212 valence electrons. The molecule has 2 aromatic rings. The summed E-state index contributed by atoms with van der Waals surface area (Å²) in [6.07, 6.45) is 2.09. The van der Waals surface area contributed by atoms with Crippen molar-refractivity contribution in [3.63, 3.8) is 0 Å². The van der Waals surface area contributed by atoms with E-state index in [0.29, 0.717) is 40.1 Å². The Kier molecular flexibility index (Phi) is 9.99. The zero-order valence-electron chi connectivity index (χ0n) is 22.3. The summed E-state index contributed by atoms with van der Waals surface area (Å²) in [5, 5.41) is 26.0. The molecule has 3 atom stereocenters. The van der Waals surface area contributed by atoms with Gasteiger partial charge in [-0.1, -0.05) is 48.5 Å². The van der Waals surface area contributed by atoms with Crippen LogP contribution in [0.2, 0.25) is 10.0 Å². The number of nitrogens with zero attached hydrogens (tertiary/aromatic N) is 1. The van der Waals surface area contributed by atoms with E-state index in [0.717, 1.165) is 43.2 Å². The molecular formula is C29H36Cl2N2O6. The molecule has 2 amide bonds. The first-order valence-corrected chi connectivity index (χ1v) is 14.1. The molecule has 10 heteroatoms. The fourth-order valence-electron chi connectivity index (χ4n) is 5.47. The number of carbonyl (C=O) groups is 2. The average Bonchev–Trinajstić information content (AvgIpc) is 2.96. The highest BCUT2D eigenvalue weighted by atomic mass is 35.5. The lowest BCUT2D eigenvalue weighted by Gasteiger charge is -2.34. The van der Waals surface area contributed by atoms with E-state index in [2.05, 4.69) is 5.32 Å². The van der Waals surface area contributed by atoms with E-state index in [-0.39, 0.29) is 24.8 Å². The number of methoxy groups -OCH3 is 2. The van der Waals surface area contributed by atoms with Gasteiger partial charge in [0.1, 0.15) is 6.10 Å². The number of ether oxygens (including phenoxy) is 2. The quantitative estimate of drug-likeness (QED) is 0.416. The fourth-order valence-corrected chi connectivity index (χ4v) is 5.79. The van der Waals surface area contributed by atoms with Gasteiger partial charge < -0.3 is 29.9 Å². The second-order valence-corrected chi connectivity index (χ2v) is 11.1. The van der Waals surface area contributed by atoms with Crippen LogP contribution in [0.15, 0.2) is 30.3 Å². The summed E-state index contributed by atoms with van der Waals surface area (Å²) < 4.78 is 10.8. The first-order valence-electron chi connectivity index (χ1n) is 13.3. The van der Waals surface area contributed by atoms with Crippen LogP contribution in [0, 0.1) is 5.92 Å². The van der Waals surface area contributed by atoms with Crippen molar-refractivity contribution in [2.75, 3.05) is 20.8 Å². The number of rotatable bonds is 9. The van der Waals surface area contributed by atoms with Crippen molar-refractivity contribution < 1.29 is 29.3 Å². The number of hydrogen-bond donors (Lipinski definition) is 3. The van der Waals surface area contributed by atoms with E-state index in [1.54, 1.807) is 32.4 Å². The summed E-state index contributed by atoms with van der Waals surface area (Å²) >= 11 is 12.3. The van der Waals surface area contributed by atoms with Gasteiger partial charge in [0, 0.05) is 19.0 Å². The van der Waals surface area contributed by atoms with E-state index >= 15 is 0 Å². The van der Waals surface area contributed by atoms with Crippen LogP contribution in [0.4, 0.5) is 0 Å². The Morgan fingerprint density at radius 2 is 1.67 bits per heavy atom. The number of hydrogen-bond acceptors (Lipinski definition) is 6. The first-order chi connectivity index (χ1) is 18.7. The molecule has 4 rings (SSSR count). The van der Waals surface area contributed by atoms with Gasteiger partial charge in [0.25, 0.3) is 5.91 Å². The molecule has 0 aromatic heterocycles. The fraction of sp³-hybridized carbons (Fsp3) is 0.517. The summed E-state index contributed by atoms with van der Waals surface area (Å²) in [4.78, 5) is 28.0. The van der Waals surface area contributed by atoms with Gasteiger partial charge in [-0.25, -0.2) is 0 Å². The minimum Gasteiger partial charge on any atom is -0.493 e. The number of carbonyl (C=O) groups excluding carboxylic acids is 2. The molecule has 0 saturated heterocycles. The lowest BCUT2D eigenvalue weighted by molar-refractivity contribution is -0.149. The van der Waals surface area contributed by atoms with Crippen molar-refractivity contribution in [2.24, 2.45) is 5.92 Å². The van der Waals surface area contributed by atoms with Gasteiger partial charge >= 0.3 is 0 Å². The van der Waals surface area contributed by atoms with E-state index < -0.39 is 24.2 Å². The largest absolute Gasteiger partial charge is 0.493 e. The summed E-state index contributed by atoms with van der Waals surface area (Å²) in [6, 6.07) is 7.87. The highest BCUT2D eigenvalue weighted by Gasteiger charge is 2.37. The average molecular weight is 580 g/mol. The standard InChI is InChI=1S/C29H36Cl2N2O6/c1-38-24-14-19-10-11-33(16-20(19)15-25(24)39-2)29(37)27(35)26(34)23(13-17-8-9-21(30)22(31)12-17)32-28(36)18-6-4-3-5-7-18/h8-9,12,14-15,18,23,26-27,34-35H,3-7,10-11,13,16H2,1-2H3,(H,32,36). The lowest BCUT2D eigenvalue weighted by Crippen LogP contribution is -2.56. The Labute approximate surface area is 239 Å². The van der Waals surface area contributed by atoms with E-state index in [1.807, 2.05) is 12.1 Å².